The minimum Gasteiger partial charge on any atom is -0.390 e. The largest absolute Gasteiger partial charge is 0.522 e. The summed E-state index contributed by atoms with van der Waals surface area (Å²) in [7, 11) is 0. The van der Waals surface area contributed by atoms with Crippen LogP contribution in [0.15, 0.2) is 40.0 Å². The molecule has 2 amide bonds. The predicted octanol–water partition coefficient (Wildman–Crippen LogP) is 3.95. The van der Waals surface area contributed by atoms with E-state index in [-0.39, 0.29) is 29.2 Å². The fourth-order valence-corrected chi connectivity index (χ4v) is 4.09. The van der Waals surface area contributed by atoms with Crippen LogP contribution in [0.25, 0.3) is 0 Å². The van der Waals surface area contributed by atoms with E-state index in [1.165, 1.54) is 11.8 Å². The van der Waals surface area contributed by atoms with Gasteiger partial charge in [0.2, 0.25) is 5.78 Å². The number of Topliss-reactive ketones (excluding diaryl/α,β-unsaturated/α-hetero) is 1. The molecule has 1 aliphatic rings. The fraction of sp³-hybridized carbons (Fsp3) is 0.522. The van der Waals surface area contributed by atoms with Crippen molar-refractivity contribution in [3.63, 3.8) is 0 Å². The van der Waals surface area contributed by atoms with Gasteiger partial charge in [0, 0.05) is 24.8 Å². The SMILES string of the molecule is CSc1n[n+](C(=O)NC2(NC(=O)c3ccccc3)CCCCC2)c(C(=O)CCC(C)C)o1. The highest BCUT2D eigenvalue weighted by Gasteiger charge is 2.43. The third kappa shape index (κ3) is 5.97. The molecule has 32 heavy (non-hydrogen) atoms. The summed E-state index contributed by atoms with van der Waals surface area (Å²) in [5.41, 5.74) is -0.388. The minimum absolute atomic E-state index is 0.0900. The molecule has 1 aromatic heterocycles. The second-order valence-electron chi connectivity index (χ2n) is 8.54. The summed E-state index contributed by atoms with van der Waals surface area (Å²) in [4.78, 5) is 38.8. The Balaban J connectivity index is 1.83. The number of rotatable bonds is 8. The van der Waals surface area contributed by atoms with Gasteiger partial charge >= 0.3 is 11.9 Å². The molecule has 0 unspecified atom stereocenters. The zero-order valence-corrected chi connectivity index (χ0v) is 19.7. The number of hydrogen-bond acceptors (Lipinski definition) is 6. The van der Waals surface area contributed by atoms with E-state index in [4.69, 9.17) is 4.42 Å². The van der Waals surface area contributed by atoms with Crippen molar-refractivity contribution in [2.24, 2.45) is 5.92 Å². The molecule has 1 aromatic carbocycles. The maximum absolute atomic E-state index is 13.2. The zero-order chi connectivity index (χ0) is 23.1. The van der Waals surface area contributed by atoms with E-state index in [0.29, 0.717) is 30.7 Å². The highest BCUT2D eigenvalue weighted by Crippen LogP contribution is 2.26. The van der Waals surface area contributed by atoms with Gasteiger partial charge in [-0.15, -0.1) is 0 Å². The maximum atomic E-state index is 13.2. The fourth-order valence-electron chi connectivity index (χ4n) is 3.77. The van der Waals surface area contributed by atoms with Crippen molar-refractivity contribution in [1.29, 1.82) is 0 Å². The first kappa shape index (κ1) is 24.0. The van der Waals surface area contributed by atoms with Gasteiger partial charge in [0.1, 0.15) is 0 Å². The van der Waals surface area contributed by atoms with Crippen LogP contribution in [-0.4, -0.2) is 34.7 Å². The Morgan fingerprint density at radius 2 is 1.81 bits per heavy atom. The third-order valence-corrected chi connectivity index (χ3v) is 6.07. The van der Waals surface area contributed by atoms with Crippen molar-refractivity contribution >= 4 is 29.5 Å². The highest BCUT2D eigenvalue weighted by molar-refractivity contribution is 7.98. The van der Waals surface area contributed by atoms with Gasteiger partial charge in [0.25, 0.3) is 11.1 Å². The quantitative estimate of drug-likeness (QED) is 0.268. The molecule has 1 heterocycles. The van der Waals surface area contributed by atoms with Crippen LogP contribution in [0.3, 0.4) is 0 Å². The number of benzene rings is 1. The normalized spacial score (nSPS) is 15.4. The van der Waals surface area contributed by atoms with Gasteiger partial charge in [-0.1, -0.05) is 50.2 Å². The van der Waals surface area contributed by atoms with E-state index in [2.05, 4.69) is 15.7 Å². The van der Waals surface area contributed by atoms with Crippen LogP contribution in [0.5, 0.6) is 0 Å². The Labute approximate surface area is 192 Å². The zero-order valence-electron chi connectivity index (χ0n) is 18.8. The number of nitrogens with zero attached hydrogens (tertiary/aromatic N) is 2. The van der Waals surface area contributed by atoms with Gasteiger partial charge in [-0.05, 0) is 53.3 Å². The lowest BCUT2D eigenvalue weighted by atomic mass is 9.88. The number of thioether (sulfide) groups is 1. The Bertz CT molecular complexity index is 952. The summed E-state index contributed by atoms with van der Waals surface area (Å²) in [5.74, 6) is -0.264. The molecule has 2 N–H and O–H groups in total. The van der Waals surface area contributed by atoms with Crippen molar-refractivity contribution in [3.8, 4) is 0 Å². The Morgan fingerprint density at radius 3 is 2.44 bits per heavy atom. The third-order valence-electron chi connectivity index (χ3n) is 5.55. The molecule has 1 aliphatic carbocycles. The standard InChI is InChI=1S/C23H30N4O4S/c1-16(2)12-13-18(28)20-27(26-22(31-20)32-3)21(30)25-23(14-8-5-9-15-23)24-19(29)17-10-6-4-7-11-17/h4,6-7,10-11,16H,5,8-9,12-15H2,1-3H3,(H-,24,25,29,30)/p+1. The monoisotopic (exact) mass is 459 g/mol. The number of nitrogens with one attached hydrogen (secondary N) is 2. The second kappa shape index (κ2) is 10.8. The van der Waals surface area contributed by atoms with Gasteiger partial charge in [-0.25, -0.2) is 5.32 Å². The first-order chi connectivity index (χ1) is 15.3. The molecule has 2 aromatic rings. The first-order valence-electron chi connectivity index (χ1n) is 11.0. The lowest BCUT2D eigenvalue weighted by Crippen LogP contribution is -2.67. The van der Waals surface area contributed by atoms with Crippen LogP contribution in [0.4, 0.5) is 4.79 Å². The van der Waals surface area contributed by atoms with Gasteiger partial charge in [0.15, 0.2) is 5.66 Å². The van der Waals surface area contributed by atoms with Crippen LogP contribution >= 0.6 is 11.8 Å². The van der Waals surface area contributed by atoms with Crippen LogP contribution in [0.1, 0.15) is 79.8 Å². The van der Waals surface area contributed by atoms with Crippen LogP contribution in [-0.2, 0) is 0 Å². The molecule has 0 radical (unpaired) electrons. The highest BCUT2D eigenvalue weighted by atomic mass is 32.2. The van der Waals surface area contributed by atoms with Crippen LogP contribution in [0, 0.1) is 5.92 Å². The van der Waals surface area contributed by atoms with Crippen molar-refractivity contribution in [2.75, 3.05) is 6.26 Å². The number of amides is 2. The molecule has 172 valence electrons. The summed E-state index contributed by atoms with van der Waals surface area (Å²) in [5, 5.41) is 10.4. The van der Waals surface area contributed by atoms with Crippen molar-refractivity contribution < 1.29 is 23.5 Å². The molecular weight excluding hydrogens is 428 g/mol. The molecule has 0 aliphatic heterocycles. The smallest absolute Gasteiger partial charge is 0.390 e. The molecule has 0 saturated heterocycles. The summed E-state index contributed by atoms with van der Waals surface area (Å²) in [6.07, 6.45) is 6.69. The molecule has 8 nitrogen and oxygen atoms in total. The van der Waals surface area contributed by atoms with E-state index >= 15 is 0 Å². The number of ketones is 1. The molecular formula is C23H31N4O4S+. The van der Waals surface area contributed by atoms with E-state index in [0.717, 1.165) is 23.9 Å². The van der Waals surface area contributed by atoms with Crippen molar-refractivity contribution in [3.05, 3.63) is 41.8 Å². The topological polar surface area (TPSA) is 105 Å². The molecule has 3 rings (SSSR count). The number of carbonyl (C=O) groups is 3. The Hall–Kier alpha value is -2.68. The average Bonchev–Trinajstić information content (AvgIpc) is 3.23. The summed E-state index contributed by atoms with van der Waals surface area (Å²) in [6.45, 7) is 4.06. The van der Waals surface area contributed by atoms with Gasteiger partial charge in [-0.2, -0.15) is 4.79 Å². The Morgan fingerprint density at radius 1 is 1.12 bits per heavy atom. The van der Waals surface area contributed by atoms with Gasteiger partial charge in [0.05, 0.1) is 0 Å². The predicted molar refractivity (Wildman–Crippen MR) is 121 cm³/mol. The summed E-state index contributed by atoms with van der Waals surface area (Å²) in [6, 6.07) is 8.32. The Kier molecular flexibility index (Phi) is 8.06. The lowest BCUT2D eigenvalue weighted by Gasteiger charge is -2.34. The number of aromatic nitrogens is 2. The number of carbonyl (C=O) groups excluding carboxylic acids is 3. The summed E-state index contributed by atoms with van der Waals surface area (Å²) >= 11 is 1.22. The first-order valence-corrected chi connectivity index (χ1v) is 12.3. The van der Waals surface area contributed by atoms with Gasteiger partial charge < -0.3 is 9.73 Å². The second-order valence-corrected chi connectivity index (χ2v) is 9.30. The number of hydrogen-bond donors (Lipinski definition) is 2. The molecule has 0 bridgehead atoms. The molecule has 1 fully saturated rings. The van der Waals surface area contributed by atoms with Crippen LogP contribution in [0.2, 0.25) is 0 Å². The van der Waals surface area contributed by atoms with Crippen molar-refractivity contribution in [2.45, 2.75) is 69.7 Å². The molecule has 9 heteroatoms. The minimum atomic E-state index is -0.911. The van der Waals surface area contributed by atoms with E-state index in [1.807, 2.05) is 19.9 Å². The molecule has 0 atom stereocenters. The van der Waals surface area contributed by atoms with Crippen LogP contribution < -0.4 is 15.3 Å². The molecule has 1 saturated carbocycles. The van der Waals surface area contributed by atoms with Gasteiger partial charge in [-0.3, -0.25) is 9.59 Å². The van der Waals surface area contributed by atoms with Crippen molar-refractivity contribution in [1.82, 2.24) is 15.7 Å². The van der Waals surface area contributed by atoms with E-state index in [9.17, 15) is 14.4 Å². The van der Waals surface area contributed by atoms with E-state index < -0.39 is 11.7 Å². The maximum Gasteiger partial charge on any atom is 0.522 e. The summed E-state index contributed by atoms with van der Waals surface area (Å²) < 4.78 is 6.57. The molecule has 0 spiro atoms. The average molecular weight is 460 g/mol. The van der Waals surface area contributed by atoms with E-state index in [1.54, 1.807) is 30.5 Å². The lowest BCUT2D eigenvalue weighted by molar-refractivity contribution is -0.641.